The number of carbonyl (C=O) groups is 1. The van der Waals surface area contributed by atoms with Crippen molar-refractivity contribution >= 4 is 17.2 Å². The van der Waals surface area contributed by atoms with Crippen molar-refractivity contribution in [3.63, 3.8) is 0 Å². The van der Waals surface area contributed by atoms with Crippen LogP contribution in [0.25, 0.3) is 10.4 Å². The molecule has 3 heterocycles. The van der Waals surface area contributed by atoms with E-state index < -0.39 is 0 Å². The van der Waals surface area contributed by atoms with Crippen LogP contribution in [0, 0.1) is 6.92 Å². The molecule has 0 radical (unpaired) electrons. The first-order valence-electron chi connectivity index (χ1n) is 7.59. The van der Waals surface area contributed by atoms with Gasteiger partial charge in [-0.2, -0.15) is 0 Å². The molecule has 2 N–H and O–H groups in total. The van der Waals surface area contributed by atoms with Crippen LogP contribution in [0.1, 0.15) is 34.4 Å². The molecule has 0 saturated carbocycles. The number of nitrogens with two attached hydrogens (primary N) is 1. The molecular formula is C18H19N3OS. The summed E-state index contributed by atoms with van der Waals surface area (Å²) in [6, 6.07) is 9.90. The van der Waals surface area contributed by atoms with Crippen LogP contribution >= 0.6 is 11.3 Å². The Morgan fingerprint density at radius 3 is 2.70 bits per heavy atom. The van der Waals surface area contributed by atoms with E-state index in [4.69, 9.17) is 5.73 Å². The lowest BCUT2D eigenvalue weighted by atomic mass is 10.1. The van der Waals surface area contributed by atoms with Crippen LogP contribution < -0.4 is 5.73 Å². The molecular weight excluding hydrogens is 306 g/mol. The van der Waals surface area contributed by atoms with Crippen molar-refractivity contribution in [2.75, 3.05) is 0 Å². The summed E-state index contributed by atoms with van der Waals surface area (Å²) in [6.07, 6.45) is 2.61. The molecule has 3 aromatic rings. The maximum absolute atomic E-state index is 12.1. The monoisotopic (exact) mass is 325 g/mol. The molecule has 23 heavy (non-hydrogen) atoms. The van der Waals surface area contributed by atoms with Gasteiger partial charge in [0.15, 0.2) is 0 Å². The number of hydrogen-bond donors (Lipinski definition) is 1. The highest BCUT2D eigenvalue weighted by Gasteiger charge is 2.24. The molecule has 0 aliphatic heterocycles. The average Bonchev–Trinajstić information content (AvgIpc) is 3.15. The molecule has 4 nitrogen and oxygen atoms in total. The van der Waals surface area contributed by atoms with Gasteiger partial charge in [-0.3, -0.25) is 9.78 Å². The van der Waals surface area contributed by atoms with E-state index >= 15 is 0 Å². The summed E-state index contributed by atoms with van der Waals surface area (Å²) >= 11 is 1.63. The first-order chi connectivity index (χ1) is 11.1. The Labute approximate surface area is 139 Å². The third-order valence-corrected chi connectivity index (χ3v) is 4.91. The van der Waals surface area contributed by atoms with Gasteiger partial charge in [0.25, 0.3) is 5.91 Å². The van der Waals surface area contributed by atoms with E-state index in [2.05, 4.69) is 16.5 Å². The first-order valence-corrected chi connectivity index (χ1v) is 8.47. The summed E-state index contributed by atoms with van der Waals surface area (Å²) < 4.78 is 2.16. The summed E-state index contributed by atoms with van der Waals surface area (Å²) in [5.41, 5.74) is 10.3. The number of pyridine rings is 1. The fourth-order valence-corrected chi connectivity index (χ4v) is 3.82. The zero-order valence-corrected chi connectivity index (χ0v) is 14.1. The van der Waals surface area contributed by atoms with Crippen molar-refractivity contribution in [1.29, 1.82) is 0 Å². The Balaban J connectivity index is 2.20. The predicted octanol–water partition coefficient (Wildman–Crippen LogP) is 3.63. The third-order valence-electron chi connectivity index (χ3n) is 4.03. The molecule has 0 atom stereocenters. The SMILES string of the molecule is CCc1c(-c2cccs2)c(C(N)=O)c(C)n1Cc1ccccn1. The Morgan fingerprint density at radius 2 is 2.13 bits per heavy atom. The molecule has 3 rings (SSSR count). The highest BCUT2D eigenvalue weighted by atomic mass is 32.1. The van der Waals surface area contributed by atoms with Crippen LogP contribution in [-0.2, 0) is 13.0 Å². The average molecular weight is 325 g/mol. The minimum Gasteiger partial charge on any atom is -0.366 e. The van der Waals surface area contributed by atoms with Crippen molar-refractivity contribution in [2.45, 2.75) is 26.8 Å². The summed E-state index contributed by atoms with van der Waals surface area (Å²) in [6.45, 7) is 4.70. The normalized spacial score (nSPS) is 10.9. The van der Waals surface area contributed by atoms with E-state index in [9.17, 15) is 4.79 Å². The number of amides is 1. The van der Waals surface area contributed by atoms with Crippen LogP contribution in [0.4, 0.5) is 0 Å². The predicted molar refractivity (Wildman–Crippen MR) is 93.7 cm³/mol. The van der Waals surface area contributed by atoms with Gasteiger partial charge < -0.3 is 10.3 Å². The van der Waals surface area contributed by atoms with Crippen molar-refractivity contribution in [1.82, 2.24) is 9.55 Å². The quantitative estimate of drug-likeness (QED) is 0.778. The lowest BCUT2D eigenvalue weighted by molar-refractivity contribution is 0.1000. The molecule has 0 unspecified atom stereocenters. The molecule has 0 aromatic carbocycles. The van der Waals surface area contributed by atoms with Gasteiger partial charge in [-0.15, -0.1) is 11.3 Å². The summed E-state index contributed by atoms with van der Waals surface area (Å²) in [5.74, 6) is -0.375. The zero-order valence-electron chi connectivity index (χ0n) is 13.2. The number of thiophene rings is 1. The number of aromatic nitrogens is 2. The van der Waals surface area contributed by atoms with Gasteiger partial charge in [0.1, 0.15) is 0 Å². The van der Waals surface area contributed by atoms with E-state index in [0.717, 1.165) is 33.9 Å². The molecule has 0 fully saturated rings. The number of nitrogens with zero attached hydrogens (tertiary/aromatic N) is 2. The second-order valence-electron chi connectivity index (χ2n) is 5.38. The van der Waals surface area contributed by atoms with Gasteiger partial charge in [0.05, 0.1) is 17.8 Å². The number of primary amides is 1. The largest absolute Gasteiger partial charge is 0.366 e. The lowest BCUT2D eigenvalue weighted by Crippen LogP contribution is -2.13. The highest BCUT2D eigenvalue weighted by molar-refractivity contribution is 7.13. The van der Waals surface area contributed by atoms with E-state index in [1.807, 2.05) is 42.6 Å². The second-order valence-corrected chi connectivity index (χ2v) is 6.33. The zero-order chi connectivity index (χ0) is 16.4. The maximum atomic E-state index is 12.1. The second kappa shape index (κ2) is 6.38. The van der Waals surface area contributed by atoms with Crippen LogP contribution in [-0.4, -0.2) is 15.5 Å². The van der Waals surface area contributed by atoms with Gasteiger partial charge in [-0.1, -0.05) is 19.1 Å². The van der Waals surface area contributed by atoms with Crippen molar-refractivity contribution in [3.8, 4) is 10.4 Å². The molecule has 118 valence electrons. The van der Waals surface area contributed by atoms with Gasteiger partial charge in [-0.25, -0.2) is 0 Å². The molecule has 1 amide bonds. The Bertz CT molecular complexity index is 820. The van der Waals surface area contributed by atoms with Crippen molar-refractivity contribution < 1.29 is 4.79 Å². The Hall–Kier alpha value is -2.40. The molecule has 0 bridgehead atoms. The van der Waals surface area contributed by atoms with Gasteiger partial charge in [0, 0.05) is 28.0 Å². The van der Waals surface area contributed by atoms with E-state index in [1.54, 1.807) is 17.5 Å². The van der Waals surface area contributed by atoms with Crippen LogP contribution in [0.5, 0.6) is 0 Å². The molecule has 0 spiro atoms. The minimum atomic E-state index is -0.375. The van der Waals surface area contributed by atoms with Gasteiger partial charge >= 0.3 is 0 Å². The molecule has 3 aromatic heterocycles. The van der Waals surface area contributed by atoms with E-state index in [-0.39, 0.29) is 5.91 Å². The smallest absolute Gasteiger partial charge is 0.251 e. The van der Waals surface area contributed by atoms with Gasteiger partial charge in [-0.05, 0) is 36.9 Å². The van der Waals surface area contributed by atoms with Gasteiger partial charge in [0.2, 0.25) is 0 Å². The standard InChI is InChI=1S/C18H19N3OS/c1-3-14-17(15-8-6-10-23-15)16(18(19)22)12(2)21(14)11-13-7-4-5-9-20-13/h4-10H,3,11H2,1-2H3,(H2,19,22). The number of rotatable bonds is 5. The number of hydrogen-bond acceptors (Lipinski definition) is 3. The number of carbonyl (C=O) groups excluding carboxylic acids is 1. The fourth-order valence-electron chi connectivity index (χ4n) is 3.02. The lowest BCUT2D eigenvalue weighted by Gasteiger charge is -2.11. The summed E-state index contributed by atoms with van der Waals surface area (Å²) in [5, 5.41) is 2.02. The van der Waals surface area contributed by atoms with Crippen molar-refractivity contribution in [2.24, 2.45) is 5.73 Å². The highest BCUT2D eigenvalue weighted by Crippen LogP contribution is 2.36. The summed E-state index contributed by atoms with van der Waals surface area (Å²) in [7, 11) is 0. The van der Waals surface area contributed by atoms with Crippen LogP contribution in [0.15, 0.2) is 41.9 Å². The summed E-state index contributed by atoms with van der Waals surface area (Å²) in [4.78, 5) is 17.6. The van der Waals surface area contributed by atoms with Crippen LogP contribution in [0.2, 0.25) is 0 Å². The Kier molecular flexibility index (Phi) is 4.30. The fraction of sp³-hybridized carbons (Fsp3) is 0.222. The van der Waals surface area contributed by atoms with Crippen molar-refractivity contribution in [3.05, 3.63) is 64.6 Å². The molecule has 0 aliphatic rings. The topological polar surface area (TPSA) is 60.9 Å². The molecule has 0 aliphatic carbocycles. The van der Waals surface area contributed by atoms with E-state index in [0.29, 0.717) is 12.1 Å². The molecule has 0 saturated heterocycles. The molecule has 5 heteroatoms. The first kappa shape index (κ1) is 15.5. The van der Waals surface area contributed by atoms with E-state index in [1.165, 1.54) is 0 Å². The Morgan fingerprint density at radius 1 is 1.30 bits per heavy atom. The van der Waals surface area contributed by atoms with Crippen LogP contribution in [0.3, 0.4) is 0 Å². The third kappa shape index (κ3) is 2.80. The minimum absolute atomic E-state index is 0.375. The maximum Gasteiger partial charge on any atom is 0.251 e.